The lowest BCUT2D eigenvalue weighted by Crippen LogP contribution is -2.22. The van der Waals surface area contributed by atoms with E-state index in [4.69, 9.17) is 4.74 Å². The molecular formula is C17H23Cl2N3O2. The summed E-state index contributed by atoms with van der Waals surface area (Å²) >= 11 is 0. The number of β-amino-alcohol motifs (C(OH)–C–C–N with tert-alkyl or cyclic N) is 1. The summed E-state index contributed by atoms with van der Waals surface area (Å²) in [6, 6.07) is 4.39. The number of nitrogens with one attached hydrogen (secondary N) is 1. The van der Waals surface area contributed by atoms with E-state index in [-0.39, 0.29) is 37.0 Å². The van der Waals surface area contributed by atoms with Crippen LogP contribution in [-0.2, 0) is 12.8 Å². The number of methoxy groups -OCH3 is 1. The van der Waals surface area contributed by atoms with E-state index in [0.29, 0.717) is 6.54 Å². The van der Waals surface area contributed by atoms with Crippen molar-refractivity contribution in [2.24, 2.45) is 0 Å². The minimum absolute atomic E-state index is 0. The van der Waals surface area contributed by atoms with Crippen LogP contribution < -0.4 is 10.1 Å². The Balaban J connectivity index is 0.00000104. The SMILES string of the molecule is COc1cc2c(cc1-c1nccn1[C@H]1CNC[C@@H]1O)CCC2.Cl.Cl. The molecule has 1 aliphatic carbocycles. The minimum atomic E-state index is -0.381. The van der Waals surface area contributed by atoms with Crippen molar-refractivity contribution in [3.8, 4) is 17.1 Å². The zero-order valence-corrected chi connectivity index (χ0v) is 15.2. The number of fused-ring (bicyclic) bond motifs is 1. The van der Waals surface area contributed by atoms with Gasteiger partial charge in [-0.3, -0.25) is 0 Å². The Morgan fingerprint density at radius 2 is 1.96 bits per heavy atom. The fraction of sp³-hybridized carbons (Fsp3) is 0.471. The van der Waals surface area contributed by atoms with Crippen molar-refractivity contribution in [2.75, 3.05) is 20.2 Å². The van der Waals surface area contributed by atoms with Gasteiger partial charge >= 0.3 is 0 Å². The van der Waals surface area contributed by atoms with Gasteiger partial charge in [-0.2, -0.15) is 0 Å². The maximum atomic E-state index is 10.2. The Hall–Kier alpha value is -1.27. The van der Waals surface area contributed by atoms with Crippen molar-refractivity contribution in [1.29, 1.82) is 0 Å². The van der Waals surface area contributed by atoms with E-state index >= 15 is 0 Å². The normalized spacial score (nSPS) is 21.8. The molecule has 1 saturated heterocycles. The van der Waals surface area contributed by atoms with Gasteiger partial charge in [0.25, 0.3) is 0 Å². The van der Waals surface area contributed by atoms with Crippen LogP contribution in [0.5, 0.6) is 5.75 Å². The number of nitrogens with zero attached hydrogens (tertiary/aromatic N) is 2. The number of aliphatic hydroxyl groups excluding tert-OH is 1. The quantitative estimate of drug-likeness (QED) is 0.869. The Morgan fingerprint density at radius 1 is 1.21 bits per heavy atom. The van der Waals surface area contributed by atoms with Crippen LogP contribution >= 0.6 is 24.8 Å². The average Bonchev–Trinajstić information content (AvgIpc) is 3.24. The lowest BCUT2D eigenvalue weighted by molar-refractivity contribution is 0.151. The van der Waals surface area contributed by atoms with Gasteiger partial charge in [-0.25, -0.2) is 4.98 Å². The van der Waals surface area contributed by atoms with Crippen LogP contribution in [0.4, 0.5) is 0 Å². The lowest BCUT2D eigenvalue weighted by atomic mass is 10.0. The van der Waals surface area contributed by atoms with E-state index < -0.39 is 0 Å². The van der Waals surface area contributed by atoms with Gasteiger partial charge in [0.15, 0.2) is 0 Å². The maximum absolute atomic E-state index is 10.2. The first-order valence-corrected chi connectivity index (χ1v) is 7.89. The van der Waals surface area contributed by atoms with Crippen LogP contribution in [0.15, 0.2) is 24.5 Å². The highest BCUT2D eigenvalue weighted by molar-refractivity contribution is 5.85. The van der Waals surface area contributed by atoms with Crippen molar-refractivity contribution in [3.05, 3.63) is 35.7 Å². The molecule has 24 heavy (non-hydrogen) atoms. The predicted octanol–water partition coefficient (Wildman–Crippen LogP) is 2.40. The predicted molar refractivity (Wildman–Crippen MR) is 98.6 cm³/mol. The molecule has 5 nitrogen and oxygen atoms in total. The standard InChI is InChI=1S/C17H21N3O2.2ClH/c1-22-16-8-12-4-2-3-11(12)7-13(16)17-19-5-6-20(17)14-9-18-10-15(14)21;;/h5-8,14-15,18,21H,2-4,9-10H2,1H3;2*1H/t14-,15-;;/m0../s1. The molecule has 1 aromatic carbocycles. The molecule has 2 atom stereocenters. The number of hydrogen-bond acceptors (Lipinski definition) is 4. The molecule has 0 spiro atoms. The van der Waals surface area contributed by atoms with Gasteiger partial charge in [-0.05, 0) is 42.5 Å². The second-order valence-electron chi connectivity index (χ2n) is 6.13. The summed E-state index contributed by atoms with van der Waals surface area (Å²) in [5.74, 6) is 1.74. The summed E-state index contributed by atoms with van der Waals surface area (Å²) in [6.07, 6.45) is 6.83. The summed E-state index contributed by atoms with van der Waals surface area (Å²) in [5, 5.41) is 13.4. The monoisotopic (exact) mass is 371 g/mol. The van der Waals surface area contributed by atoms with E-state index in [0.717, 1.165) is 36.5 Å². The van der Waals surface area contributed by atoms with E-state index in [1.807, 2.05) is 6.20 Å². The molecule has 1 aliphatic heterocycles. The molecule has 0 radical (unpaired) electrons. The highest BCUT2D eigenvalue weighted by atomic mass is 35.5. The van der Waals surface area contributed by atoms with Crippen molar-refractivity contribution in [3.63, 3.8) is 0 Å². The number of hydrogen-bond donors (Lipinski definition) is 2. The Kier molecular flexibility index (Phi) is 6.15. The van der Waals surface area contributed by atoms with Gasteiger partial charge in [0.2, 0.25) is 0 Å². The highest BCUT2D eigenvalue weighted by Crippen LogP contribution is 2.36. The van der Waals surface area contributed by atoms with E-state index in [2.05, 4.69) is 27.0 Å². The van der Waals surface area contributed by atoms with Gasteiger partial charge in [0, 0.05) is 25.5 Å². The third-order valence-corrected chi connectivity index (χ3v) is 4.83. The van der Waals surface area contributed by atoms with Crippen LogP contribution in [0, 0.1) is 0 Å². The minimum Gasteiger partial charge on any atom is -0.496 e. The number of halogens is 2. The fourth-order valence-electron chi connectivity index (χ4n) is 3.67. The highest BCUT2D eigenvalue weighted by Gasteiger charge is 2.29. The number of ether oxygens (including phenoxy) is 1. The summed E-state index contributed by atoms with van der Waals surface area (Å²) < 4.78 is 7.68. The average molecular weight is 372 g/mol. The molecule has 132 valence electrons. The van der Waals surface area contributed by atoms with Crippen LogP contribution in [-0.4, -0.2) is 41.0 Å². The topological polar surface area (TPSA) is 59.3 Å². The number of aliphatic hydroxyl groups is 1. The Labute approximate surface area is 154 Å². The summed E-state index contributed by atoms with van der Waals surface area (Å²) in [7, 11) is 1.71. The number of rotatable bonds is 3. The van der Waals surface area contributed by atoms with E-state index in [1.165, 1.54) is 17.5 Å². The van der Waals surface area contributed by atoms with E-state index in [1.54, 1.807) is 13.3 Å². The smallest absolute Gasteiger partial charge is 0.144 e. The molecule has 0 unspecified atom stereocenters. The third-order valence-electron chi connectivity index (χ3n) is 4.83. The first-order chi connectivity index (χ1) is 10.8. The van der Waals surface area contributed by atoms with Gasteiger partial charge in [0.1, 0.15) is 11.6 Å². The molecule has 0 bridgehead atoms. The molecule has 4 rings (SSSR count). The summed E-state index contributed by atoms with van der Waals surface area (Å²) in [5.41, 5.74) is 3.81. The fourth-order valence-corrected chi connectivity index (χ4v) is 3.67. The number of aryl methyl sites for hydroxylation is 2. The van der Waals surface area contributed by atoms with Crippen LogP contribution in [0.3, 0.4) is 0 Å². The molecule has 7 heteroatoms. The third kappa shape index (κ3) is 3.14. The van der Waals surface area contributed by atoms with Crippen molar-refractivity contribution in [1.82, 2.24) is 14.9 Å². The lowest BCUT2D eigenvalue weighted by Gasteiger charge is -2.19. The molecule has 2 aliphatic rings. The van der Waals surface area contributed by atoms with Crippen molar-refractivity contribution >= 4 is 24.8 Å². The summed E-state index contributed by atoms with van der Waals surface area (Å²) in [6.45, 7) is 1.39. The van der Waals surface area contributed by atoms with E-state index in [9.17, 15) is 5.11 Å². The second-order valence-corrected chi connectivity index (χ2v) is 6.13. The van der Waals surface area contributed by atoms with Gasteiger partial charge in [-0.15, -0.1) is 24.8 Å². The van der Waals surface area contributed by atoms with Crippen molar-refractivity contribution in [2.45, 2.75) is 31.4 Å². The second kappa shape index (κ2) is 7.74. The summed E-state index contributed by atoms with van der Waals surface area (Å²) in [4.78, 5) is 4.54. The number of benzene rings is 1. The zero-order chi connectivity index (χ0) is 15.1. The van der Waals surface area contributed by atoms with Gasteiger partial charge in [-0.1, -0.05) is 0 Å². The Bertz CT molecular complexity index is 705. The number of imidazole rings is 1. The molecule has 2 N–H and O–H groups in total. The molecule has 1 fully saturated rings. The zero-order valence-electron chi connectivity index (χ0n) is 13.6. The molecular weight excluding hydrogens is 349 g/mol. The Morgan fingerprint density at radius 3 is 2.62 bits per heavy atom. The molecule has 0 saturated carbocycles. The van der Waals surface area contributed by atoms with Crippen molar-refractivity contribution < 1.29 is 9.84 Å². The molecule has 2 aromatic rings. The van der Waals surface area contributed by atoms with Crippen LogP contribution in [0.2, 0.25) is 0 Å². The van der Waals surface area contributed by atoms with Crippen LogP contribution in [0.25, 0.3) is 11.4 Å². The molecule has 2 heterocycles. The first kappa shape index (κ1) is 19.1. The number of aromatic nitrogens is 2. The van der Waals surface area contributed by atoms with Gasteiger partial charge in [0.05, 0.1) is 24.8 Å². The largest absolute Gasteiger partial charge is 0.496 e. The molecule has 1 aromatic heterocycles. The molecule has 0 amide bonds. The first-order valence-electron chi connectivity index (χ1n) is 7.89. The van der Waals surface area contributed by atoms with Gasteiger partial charge < -0.3 is 19.7 Å². The van der Waals surface area contributed by atoms with Crippen LogP contribution in [0.1, 0.15) is 23.6 Å². The maximum Gasteiger partial charge on any atom is 0.144 e.